The van der Waals surface area contributed by atoms with Crippen molar-refractivity contribution < 1.29 is 9.90 Å². The van der Waals surface area contributed by atoms with Crippen molar-refractivity contribution >= 4 is 16.8 Å². The van der Waals surface area contributed by atoms with Crippen molar-refractivity contribution in [3.63, 3.8) is 0 Å². The number of hydrogen-bond donors (Lipinski definition) is 3. The molecule has 1 fully saturated rings. The third-order valence-electron chi connectivity index (χ3n) is 6.39. The molecule has 5 rings (SSSR count). The van der Waals surface area contributed by atoms with E-state index in [9.17, 15) is 9.90 Å². The number of nitrogens with zero attached hydrogens (tertiary/aromatic N) is 1. The Morgan fingerprint density at radius 2 is 1.89 bits per heavy atom. The van der Waals surface area contributed by atoms with E-state index in [4.69, 9.17) is 0 Å². The second-order valence-corrected chi connectivity index (χ2v) is 7.77. The van der Waals surface area contributed by atoms with Crippen LogP contribution in [0.5, 0.6) is 0 Å². The predicted octanol–water partition coefficient (Wildman–Crippen LogP) is 2.70. The largest absolute Gasteiger partial charge is 0.390 e. The van der Waals surface area contributed by atoms with Gasteiger partial charge in [-0.3, -0.25) is 9.78 Å². The molecule has 2 aromatic carbocycles. The van der Waals surface area contributed by atoms with Gasteiger partial charge in [0.15, 0.2) is 0 Å². The number of benzene rings is 2. The van der Waals surface area contributed by atoms with Crippen molar-refractivity contribution in [3.8, 4) is 0 Å². The second-order valence-electron chi connectivity index (χ2n) is 7.77. The van der Waals surface area contributed by atoms with Gasteiger partial charge in [0, 0.05) is 22.6 Å². The Balaban J connectivity index is 1.52. The van der Waals surface area contributed by atoms with Crippen LogP contribution in [-0.2, 0) is 5.41 Å². The van der Waals surface area contributed by atoms with Gasteiger partial charge in [-0.15, -0.1) is 0 Å². The highest BCUT2D eigenvalue weighted by molar-refractivity contribution is 6.06. The minimum absolute atomic E-state index is 0.177. The molecule has 0 radical (unpaired) electrons. The highest BCUT2D eigenvalue weighted by atomic mass is 16.3. The van der Waals surface area contributed by atoms with Gasteiger partial charge in [0.2, 0.25) is 0 Å². The molecule has 2 heterocycles. The zero-order valence-corrected chi connectivity index (χ0v) is 15.6. The molecule has 1 aliphatic carbocycles. The minimum atomic E-state index is -0.635. The maximum Gasteiger partial charge on any atom is 0.252 e. The summed E-state index contributed by atoms with van der Waals surface area (Å²) in [4.78, 5) is 17.5. The number of rotatable bonds is 2. The fourth-order valence-electron chi connectivity index (χ4n) is 4.99. The first-order valence-corrected chi connectivity index (χ1v) is 9.83. The molecule has 3 N–H and O–H groups in total. The van der Waals surface area contributed by atoms with E-state index >= 15 is 0 Å². The van der Waals surface area contributed by atoms with Crippen LogP contribution in [0.3, 0.4) is 0 Å². The summed E-state index contributed by atoms with van der Waals surface area (Å²) in [5, 5.41) is 18.7. The number of piperidine rings is 1. The van der Waals surface area contributed by atoms with Crippen LogP contribution in [0.1, 0.15) is 40.4 Å². The van der Waals surface area contributed by atoms with Gasteiger partial charge in [0.25, 0.3) is 5.91 Å². The summed E-state index contributed by atoms with van der Waals surface area (Å²) in [7, 11) is 0. The van der Waals surface area contributed by atoms with E-state index in [1.165, 1.54) is 5.56 Å². The van der Waals surface area contributed by atoms with E-state index in [0.29, 0.717) is 5.56 Å². The molecule has 0 saturated carbocycles. The first-order valence-electron chi connectivity index (χ1n) is 9.83. The average molecular weight is 373 g/mol. The van der Waals surface area contributed by atoms with Crippen LogP contribution in [0.15, 0.2) is 60.8 Å². The molecule has 142 valence electrons. The van der Waals surface area contributed by atoms with Crippen molar-refractivity contribution in [3.05, 3.63) is 77.5 Å². The smallest absolute Gasteiger partial charge is 0.252 e. The second kappa shape index (κ2) is 6.69. The molecule has 0 bridgehead atoms. The van der Waals surface area contributed by atoms with Gasteiger partial charge in [0.1, 0.15) is 0 Å². The Labute approximate surface area is 163 Å². The summed E-state index contributed by atoms with van der Waals surface area (Å²) in [6, 6.07) is 17.0. The third-order valence-corrected chi connectivity index (χ3v) is 6.39. The van der Waals surface area contributed by atoms with Gasteiger partial charge in [-0.2, -0.15) is 0 Å². The number of aliphatic hydroxyl groups is 1. The normalized spacial score (nSPS) is 22.9. The highest BCUT2D eigenvalue weighted by Gasteiger charge is 2.52. The van der Waals surface area contributed by atoms with Gasteiger partial charge >= 0.3 is 0 Å². The lowest BCUT2D eigenvalue weighted by atomic mass is 9.72. The summed E-state index contributed by atoms with van der Waals surface area (Å²) < 4.78 is 0. The zero-order valence-electron chi connectivity index (χ0n) is 15.6. The molecule has 2 aliphatic rings. The van der Waals surface area contributed by atoms with Crippen LogP contribution in [0, 0.1) is 0 Å². The number of nitrogens with one attached hydrogen (secondary N) is 2. The fraction of sp³-hybridized carbons (Fsp3) is 0.304. The summed E-state index contributed by atoms with van der Waals surface area (Å²) in [6.07, 6.45) is 2.83. The Kier molecular flexibility index (Phi) is 4.14. The molecule has 1 aromatic heterocycles. The summed E-state index contributed by atoms with van der Waals surface area (Å²) in [6.45, 7) is 1.75. The van der Waals surface area contributed by atoms with Crippen molar-refractivity contribution in [2.24, 2.45) is 0 Å². The molecule has 28 heavy (non-hydrogen) atoms. The lowest BCUT2D eigenvalue weighted by Gasteiger charge is -2.38. The number of aromatic nitrogens is 1. The van der Waals surface area contributed by atoms with Crippen LogP contribution >= 0.6 is 0 Å². The van der Waals surface area contributed by atoms with E-state index in [-0.39, 0.29) is 11.3 Å². The summed E-state index contributed by atoms with van der Waals surface area (Å²) in [5.74, 6) is -0.177. The standard InChI is InChI=1S/C23H23N3O2/c27-21-20(17-5-1-2-8-18(17)23(21)10-13-24-14-11-23)26-22(28)16-6-3-9-19-15(16)7-4-12-25-19/h1-9,12,20-21,24,27H,10-11,13-14H2,(H,26,28)/t20-,21+/m1/s1. The molecule has 3 aromatic rings. The maximum atomic E-state index is 13.2. The Hall–Kier alpha value is -2.76. The van der Waals surface area contributed by atoms with Crippen molar-refractivity contribution in [2.75, 3.05) is 13.1 Å². The van der Waals surface area contributed by atoms with E-state index < -0.39 is 12.1 Å². The van der Waals surface area contributed by atoms with Crippen molar-refractivity contribution in [1.82, 2.24) is 15.6 Å². The van der Waals surface area contributed by atoms with E-state index in [1.807, 2.05) is 48.5 Å². The molecule has 1 spiro atoms. The number of pyridine rings is 1. The van der Waals surface area contributed by atoms with Crippen molar-refractivity contribution in [1.29, 1.82) is 0 Å². The number of hydrogen-bond acceptors (Lipinski definition) is 4. The first kappa shape index (κ1) is 17.3. The number of fused-ring (bicyclic) bond motifs is 3. The maximum absolute atomic E-state index is 13.2. The Morgan fingerprint density at radius 1 is 1.07 bits per heavy atom. The van der Waals surface area contributed by atoms with E-state index in [0.717, 1.165) is 42.4 Å². The number of carbonyl (C=O) groups is 1. The van der Waals surface area contributed by atoms with Gasteiger partial charge in [-0.1, -0.05) is 36.4 Å². The van der Waals surface area contributed by atoms with Gasteiger partial charge in [-0.05, 0) is 55.3 Å². The molecule has 0 unspecified atom stereocenters. The van der Waals surface area contributed by atoms with E-state index in [2.05, 4.69) is 21.7 Å². The minimum Gasteiger partial charge on any atom is -0.390 e. The van der Waals surface area contributed by atoms with Crippen LogP contribution in [0.2, 0.25) is 0 Å². The fourth-order valence-corrected chi connectivity index (χ4v) is 4.99. The average Bonchev–Trinajstić information content (AvgIpc) is 2.97. The monoisotopic (exact) mass is 373 g/mol. The Morgan fingerprint density at radius 3 is 2.75 bits per heavy atom. The Bertz CT molecular complexity index is 1040. The number of carbonyl (C=O) groups excluding carboxylic acids is 1. The highest BCUT2D eigenvalue weighted by Crippen LogP contribution is 2.50. The van der Waals surface area contributed by atoms with Crippen LogP contribution in [-0.4, -0.2) is 35.2 Å². The lowest BCUT2D eigenvalue weighted by Crippen LogP contribution is -2.48. The van der Waals surface area contributed by atoms with Crippen LogP contribution < -0.4 is 10.6 Å². The summed E-state index contributed by atoms with van der Waals surface area (Å²) >= 11 is 0. The van der Waals surface area contributed by atoms with Crippen LogP contribution in [0.4, 0.5) is 0 Å². The first-order chi connectivity index (χ1) is 13.7. The summed E-state index contributed by atoms with van der Waals surface area (Å²) in [5.41, 5.74) is 3.29. The molecule has 5 heteroatoms. The predicted molar refractivity (Wildman–Crippen MR) is 108 cm³/mol. The molecular formula is C23H23N3O2. The molecular weight excluding hydrogens is 350 g/mol. The van der Waals surface area contributed by atoms with Crippen molar-refractivity contribution in [2.45, 2.75) is 30.4 Å². The third kappa shape index (κ3) is 2.54. The molecule has 2 atom stereocenters. The molecule has 1 amide bonds. The topological polar surface area (TPSA) is 74.2 Å². The molecule has 1 saturated heterocycles. The van der Waals surface area contributed by atoms with Gasteiger partial charge in [0.05, 0.1) is 17.7 Å². The van der Waals surface area contributed by atoms with Gasteiger partial charge < -0.3 is 15.7 Å². The quantitative estimate of drug-likeness (QED) is 0.646. The number of aliphatic hydroxyl groups excluding tert-OH is 1. The van der Waals surface area contributed by atoms with E-state index in [1.54, 1.807) is 6.20 Å². The zero-order chi connectivity index (χ0) is 19.1. The number of amides is 1. The van der Waals surface area contributed by atoms with Gasteiger partial charge in [-0.25, -0.2) is 0 Å². The molecule has 5 nitrogen and oxygen atoms in total. The lowest BCUT2D eigenvalue weighted by molar-refractivity contribution is 0.0418. The van der Waals surface area contributed by atoms with Crippen LogP contribution in [0.25, 0.3) is 10.9 Å². The SMILES string of the molecule is O=C(N[C@@H]1c2ccccc2C2(CCNCC2)[C@H]1O)c1cccc2ncccc12. The molecule has 1 aliphatic heterocycles.